The van der Waals surface area contributed by atoms with Gasteiger partial charge < -0.3 is 10.1 Å². The summed E-state index contributed by atoms with van der Waals surface area (Å²) >= 11 is 0. The topological polar surface area (TPSA) is 34.1 Å². The van der Waals surface area contributed by atoms with E-state index in [1.165, 1.54) is 5.56 Å². The molecule has 100 valence electrons. The Morgan fingerprint density at radius 3 is 2.58 bits per heavy atom. The second kappa shape index (κ2) is 6.90. The van der Waals surface area contributed by atoms with E-state index in [-0.39, 0.29) is 0 Å². The Kier molecular flexibility index (Phi) is 4.93. The molecule has 19 heavy (non-hydrogen) atoms. The highest BCUT2D eigenvalue weighted by Gasteiger charge is 2.04. The molecule has 0 spiro atoms. The Labute approximate surface area is 114 Å². The number of rotatable bonds is 6. The van der Waals surface area contributed by atoms with Crippen molar-refractivity contribution >= 4 is 0 Å². The highest BCUT2D eigenvalue weighted by atomic mass is 16.5. The van der Waals surface area contributed by atoms with Gasteiger partial charge in [-0.2, -0.15) is 0 Å². The van der Waals surface area contributed by atoms with Gasteiger partial charge in [0.05, 0.1) is 7.11 Å². The molecule has 1 aromatic carbocycles. The Bertz CT molecular complexity index is 482. The summed E-state index contributed by atoms with van der Waals surface area (Å²) in [5, 5.41) is 3.50. The fraction of sp³-hybridized carbons (Fsp3) is 0.312. The van der Waals surface area contributed by atoms with E-state index in [0.29, 0.717) is 6.04 Å². The Hall–Kier alpha value is -1.87. The number of methoxy groups -OCH3 is 1. The van der Waals surface area contributed by atoms with Gasteiger partial charge in [0.2, 0.25) is 0 Å². The van der Waals surface area contributed by atoms with Crippen LogP contribution in [0, 0.1) is 0 Å². The predicted molar refractivity (Wildman–Crippen MR) is 77.4 cm³/mol. The Morgan fingerprint density at radius 2 is 1.95 bits per heavy atom. The van der Waals surface area contributed by atoms with Gasteiger partial charge in [0.15, 0.2) is 0 Å². The predicted octanol–water partition coefficient (Wildman–Crippen LogP) is 2.98. The first kappa shape index (κ1) is 13.6. The second-order valence-corrected chi connectivity index (χ2v) is 4.52. The van der Waals surface area contributed by atoms with Gasteiger partial charge in [-0.05, 0) is 36.8 Å². The molecule has 1 N–H and O–H groups in total. The van der Waals surface area contributed by atoms with Crippen molar-refractivity contribution in [3.63, 3.8) is 0 Å². The second-order valence-electron chi connectivity index (χ2n) is 4.52. The van der Waals surface area contributed by atoms with Crippen LogP contribution in [0.15, 0.2) is 48.7 Å². The third-order valence-electron chi connectivity index (χ3n) is 3.17. The van der Waals surface area contributed by atoms with Crippen LogP contribution in [0.2, 0.25) is 0 Å². The minimum atomic E-state index is 0.328. The van der Waals surface area contributed by atoms with Crippen LogP contribution in [0.1, 0.15) is 24.2 Å². The molecule has 0 amide bonds. The summed E-state index contributed by atoms with van der Waals surface area (Å²) in [7, 11) is 1.68. The van der Waals surface area contributed by atoms with Gasteiger partial charge in [-0.1, -0.05) is 18.2 Å². The molecule has 0 radical (unpaired) electrons. The SMILES string of the molecule is COc1ccc([C@@H](C)NCCc2ccccn2)cc1. The summed E-state index contributed by atoms with van der Waals surface area (Å²) in [4.78, 5) is 4.31. The molecule has 2 rings (SSSR count). The van der Waals surface area contributed by atoms with Gasteiger partial charge in [-0.15, -0.1) is 0 Å². The molecule has 1 heterocycles. The Balaban J connectivity index is 1.82. The summed E-state index contributed by atoms with van der Waals surface area (Å²) in [6.45, 7) is 3.09. The number of nitrogens with zero attached hydrogens (tertiary/aromatic N) is 1. The van der Waals surface area contributed by atoms with Crippen molar-refractivity contribution in [2.75, 3.05) is 13.7 Å². The maximum atomic E-state index is 5.16. The van der Waals surface area contributed by atoms with Crippen LogP contribution >= 0.6 is 0 Å². The maximum absolute atomic E-state index is 5.16. The van der Waals surface area contributed by atoms with Gasteiger partial charge in [0.25, 0.3) is 0 Å². The molecule has 3 nitrogen and oxygen atoms in total. The molecule has 0 unspecified atom stereocenters. The van der Waals surface area contributed by atoms with E-state index < -0.39 is 0 Å². The summed E-state index contributed by atoms with van der Waals surface area (Å²) in [5.41, 5.74) is 2.39. The number of hydrogen-bond acceptors (Lipinski definition) is 3. The number of ether oxygens (including phenoxy) is 1. The number of aromatic nitrogens is 1. The molecule has 0 aliphatic carbocycles. The first-order valence-electron chi connectivity index (χ1n) is 6.57. The van der Waals surface area contributed by atoms with E-state index in [1.807, 2.05) is 30.5 Å². The number of pyridine rings is 1. The molecule has 2 aromatic rings. The van der Waals surface area contributed by atoms with Gasteiger partial charge in [-0.3, -0.25) is 4.98 Å². The van der Waals surface area contributed by atoms with Crippen molar-refractivity contribution in [1.29, 1.82) is 0 Å². The normalized spacial score (nSPS) is 12.1. The maximum Gasteiger partial charge on any atom is 0.118 e. The lowest BCUT2D eigenvalue weighted by Crippen LogP contribution is -2.21. The van der Waals surface area contributed by atoms with Crippen molar-refractivity contribution < 1.29 is 4.74 Å². The number of nitrogens with one attached hydrogen (secondary N) is 1. The molecule has 0 saturated carbocycles. The van der Waals surface area contributed by atoms with Gasteiger partial charge in [0.1, 0.15) is 5.75 Å². The third kappa shape index (κ3) is 4.07. The highest BCUT2D eigenvalue weighted by Crippen LogP contribution is 2.17. The van der Waals surface area contributed by atoms with Crippen LogP contribution in [0.3, 0.4) is 0 Å². The summed E-state index contributed by atoms with van der Waals surface area (Å²) in [6.07, 6.45) is 2.78. The molecule has 0 saturated heterocycles. The van der Waals surface area contributed by atoms with Crippen LogP contribution in [0.25, 0.3) is 0 Å². The Morgan fingerprint density at radius 1 is 1.16 bits per heavy atom. The average molecular weight is 256 g/mol. The van der Waals surface area contributed by atoms with E-state index in [9.17, 15) is 0 Å². The zero-order chi connectivity index (χ0) is 13.5. The molecule has 0 bridgehead atoms. The van der Waals surface area contributed by atoms with E-state index in [0.717, 1.165) is 24.4 Å². The van der Waals surface area contributed by atoms with Gasteiger partial charge in [-0.25, -0.2) is 0 Å². The molecule has 1 aromatic heterocycles. The molecular formula is C16H20N2O. The average Bonchev–Trinajstić information content (AvgIpc) is 2.48. The minimum Gasteiger partial charge on any atom is -0.497 e. The van der Waals surface area contributed by atoms with E-state index in [2.05, 4.69) is 35.4 Å². The molecule has 3 heteroatoms. The van der Waals surface area contributed by atoms with Crippen molar-refractivity contribution in [1.82, 2.24) is 10.3 Å². The van der Waals surface area contributed by atoms with Crippen molar-refractivity contribution in [3.05, 3.63) is 59.9 Å². The first-order chi connectivity index (χ1) is 9.29. The smallest absolute Gasteiger partial charge is 0.118 e. The van der Waals surface area contributed by atoms with Gasteiger partial charge >= 0.3 is 0 Å². The van der Waals surface area contributed by atoms with Crippen LogP contribution in [0.5, 0.6) is 5.75 Å². The number of hydrogen-bond donors (Lipinski definition) is 1. The molecule has 0 aliphatic rings. The zero-order valence-electron chi connectivity index (χ0n) is 11.5. The van der Waals surface area contributed by atoms with Crippen molar-refractivity contribution in [3.8, 4) is 5.75 Å². The summed E-state index contributed by atoms with van der Waals surface area (Å²) in [5.74, 6) is 0.893. The summed E-state index contributed by atoms with van der Waals surface area (Å²) in [6, 6.07) is 14.5. The summed E-state index contributed by atoms with van der Waals surface area (Å²) < 4.78 is 5.16. The quantitative estimate of drug-likeness (QED) is 0.862. The number of benzene rings is 1. The molecule has 1 atom stereocenters. The minimum absolute atomic E-state index is 0.328. The van der Waals surface area contributed by atoms with Crippen molar-refractivity contribution in [2.24, 2.45) is 0 Å². The van der Waals surface area contributed by atoms with Crippen LogP contribution in [-0.4, -0.2) is 18.6 Å². The fourth-order valence-electron chi connectivity index (χ4n) is 1.97. The van der Waals surface area contributed by atoms with E-state index in [4.69, 9.17) is 4.74 Å². The fourth-order valence-corrected chi connectivity index (χ4v) is 1.97. The van der Waals surface area contributed by atoms with E-state index >= 15 is 0 Å². The highest BCUT2D eigenvalue weighted by molar-refractivity contribution is 5.28. The third-order valence-corrected chi connectivity index (χ3v) is 3.17. The van der Waals surface area contributed by atoms with Crippen molar-refractivity contribution in [2.45, 2.75) is 19.4 Å². The molecular weight excluding hydrogens is 236 g/mol. The van der Waals surface area contributed by atoms with E-state index in [1.54, 1.807) is 7.11 Å². The monoisotopic (exact) mass is 256 g/mol. The standard InChI is InChI=1S/C16H20N2O/c1-13(14-6-8-16(19-2)9-7-14)17-12-10-15-5-3-4-11-18-15/h3-9,11,13,17H,10,12H2,1-2H3/t13-/m1/s1. The zero-order valence-corrected chi connectivity index (χ0v) is 11.5. The lowest BCUT2D eigenvalue weighted by molar-refractivity contribution is 0.414. The lowest BCUT2D eigenvalue weighted by Gasteiger charge is -2.14. The first-order valence-corrected chi connectivity index (χ1v) is 6.57. The van der Waals surface area contributed by atoms with Crippen LogP contribution in [-0.2, 0) is 6.42 Å². The van der Waals surface area contributed by atoms with Crippen LogP contribution < -0.4 is 10.1 Å². The van der Waals surface area contributed by atoms with Gasteiger partial charge in [0, 0.05) is 30.9 Å². The van der Waals surface area contributed by atoms with Crippen LogP contribution in [0.4, 0.5) is 0 Å². The molecule has 0 aliphatic heterocycles. The molecule has 0 fully saturated rings. The largest absolute Gasteiger partial charge is 0.497 e. The lowest BCUT2D eigenvalue weighted by atomic mass is 10.1.